The molecule has 1 aliphatic heterocycles. The maximum atomic E-state index is 12.2. The number of methoxy groups -OCH3 is 1. The van der Waals surface area contributed by atoms with Crippen molar-refractivity contribution >= 4 is 17.7 Å². The molecule has 1 amide bonds. The molecule has 1 N–H and O–H groups in total. The lowest BCUT2D eigenvalue weighted by Crippen LogP contribution is -2.42. The largest absolute Gasteiger partial charge is 0.496 e. The number of rotatable bonds is 4. The average Bonchev–Trinajstić information content (AvgIpc) is 2.92. The van der Waals surface area contributed by atoms with Crippen molar-refractivity contribution in [3.8, 4) is 5.75 Å². The highest BCUT2D eigenvalue weighted by Gasteiger charge is 2.25. The molecule has 1 saturated heterocycles. The number of aryl methyl sites for hydroxylation is 1. The van der Waals surface area contributed by atoms with Crippen molar-refractivity contribution in [1.82, 2.24) is 10.2 Å². The summed E-state index contributed by atoms with van der Waals surface area (Å²) in [5, 5.41) is 3.20. The molecular weight excluding hydrogens is 260 g/mol. The number of amides is 1. The molecule has 1 fully saturated rings. The van der Waals surface area contributed by atoms with Crippen molar-refractivity contribution in [1.29, 1.82) is 0 Å². The summed E-state index contributed by atoms with van der Waals surface area (Å²) in [5.74, 6) is 2.69. The summed E-state index contributed by atoms with van der Waals surface area (Å²) in [6.45, 7) is 2.62. The summed E-state index contributed by atoms with van der Waals surface area (Å²) in [4.78, 5) is 14.0. The first kappa shape index (κ1) is 14.2. The molecule has 0 aliphatic carbocycles. The van der Waals surface area contributed by atoms with Gasteiger partial charge < -0.3 is 9.64 Å². The van der Waals surface area contributed by atoms with Crippen LogP contribution in [0, 0.1) is 6.92 Å². The predicted molar refractivity (Wildman–Crippen MR) is 78.5 cm³/mol. The number of carbonyl (C=O) groups is 1. The molecule has 104 valence electrons. The summed E-state index contributed by atoms with van der Waals surface area (Å²) in [5.41, 5.74) is 2.22. The van der Waals surface area contributed by atoms with E-state index in [-0.39, 0.29) is 11.9 Å². The smallest absolute Gasteiger partial charge is 0.240 e. The molecule has 2 rings (SSSR count). The zero-order valence-corrected chi connectivity index (χ0v) is 12.4. The Morgan fingerprint density at radius 1 is 1.58 bits per heavy atom. The maximum absolute atomic E-state index is 12.2. The number of ether oxygens (including phenoxy) is 1. The van der Waals surface area contributed by atoms with Gasteiger partial charge in [0.1, 0.15) is 5.75 Å². The van der Waals surface area contributed by atoms with E-state index >= 15 is 0 Å². The molecule has 1 atom stereocenters. The van der Waals surface area contributed by atoms with Crippen LogP contribution in [-0.4, -0.2) is 42.6 Å². The van der Waals surface area contributed by atoms with Crippen LogP contribution in [0.25, 0.3) is 0 Å². The van der Waals surface area contributed by atoms with Gasteiger partial charge in [0, 0.05) is 30.8 Å². The Balaban J connectivity index is 2.07. The highest BCUT2D eigenvalue weighted by atomic mass is 32.2. The second-order valence-corrected chi connectivity index (χ2v) is 5.81. The van der Waals surface area contributed by atoms with Crippen LogP contribution in [0.1, 0.15) is 11.1 Å². The van der Waals surface area contributed by atoms with Gasteiger partial charge in [0.2, 0.25) is 5.91 Å². The molecule has 19 heavy (non-hydrogen) atoms. The van der Waals surface area contributed by atoms with Crippen molar-refractivity contribution < 1.29 is 9.53 Å². The van der Waals surface area contributed by atoms with E-state index < -0.39 is 0 Å². The van der Waals surface area contributed by atoms with Gasteiger partial charge in [-0.3, -0.25) is 10.1 Å². The van der Waals surface area contributed by atoms with Crippen LogP contribution in [0.15, 0.2) is 18.2 Å². The molecule has 1 aromatic carbocycles. The molecule has 0 saturated carbocycles. The lowest BCUT2D eigenvalue weighted by molar-refractivity contribution is -0.131. The lowest BCUT2D eigenvalue weighted by atomic mass is 10.1. The Kier molecular flexibility index (Phi) is 4.71. The van der Waals surface area contributed by atoms with Gasteiger partial charge in [0.05, 0.1) is 13.2 Å². The van der Waals surface area contributed by atoms with Gasteiger partial charge in [-0.2, -0.15) is 0 Å². The fourth-order valence-electron chi connectivity index (χ4n) is 2.18. The lowest BCUT2D eigenvalue weighted by Gasteiger charge is -2.22. The van der Waals surface area contributed by atoms with Crippen molar-refractivity contribution in [2.75, 3.05) is 25.8 Å². The van der Waals surface area contributed by atoms with Crippen molar-refractivity contribution in [3.63, 3.8) is 0 Å². The number of likely N-dealkylation sites (N-methyl/N-ethyl adjacent to an activating group) is 1. The van der Waals surface area contributed by atoms with E-state index in [1.54, 1.807) is 23.8 Å². The SMILES string of the molecule is COc1ccc(C)cc1CN(C)C(=O)C1CSCN1. The Hall–Kier alpha value is -1.20. The first-order chi connectivity index (χ1) is 9.11. The normalized spacial score (nSPS) is 18.4. The molecule has 1 unspecified atom stereocenters. The Morgan fingerprint density at radius 2 is 2.37 bits per heavy atom. The molecule has 1 aliphatic rings. The van der Waals surface area contributed by atoms with E-state index in [4.69, 9.17) is 4.74 Å². The van der Waals surface area contributed by atoms with Crippen molar-refractivity contribution in [2.24, 2.45) is 0 Å². The quantitative estimate of drug-likeness (QED) is 0.910. The van der Waals surface area contributed by atoms with E-state index in [0.717, 1.165) is 22.9 Å². The highest BCUT2D eigenvalue weighted by Crippen LogP contribution is 2.21. The fourth-order valence-corrected chi connectivity index (χ4v) is 3.12. The highest BCUT2D eigenvalue weighted by molar-refractivity contribution is 7.99. The maximum Gasteiger partial charge on any atom is 0.240 e. The van der Waals surface area contributed by atoms with Crippen LogP contribution in [0.5, 0.6) is 5.75 Å². The number of nitrogens with zero attached hydrogens (tertiary/aromatic N) is 1. The van der Waals surface area contributed by atoms with Crippen LogP contribution >= 0.6 is 11.8 Å². The summed E-state index contributed by atoms with van der Waals surface area (Å²) in [6, 6.07) is 5.98. The first-order valence-electron chi connectivity index (χ1n) is 6.31. The van der Waals surface area contributed by atoms with Crippen LogP contribution in [0.3, 0.4) is 0 Å². The number of thioether (sulfide) groups is 1. The number of nitrogens with one attached hydrogen (secondary N) is 1. The zero-order valence-electron chi connectivity index (χ0n) is 11.6. The monoisotopic (exact) mass is 280 g/mol. The van der Waals surface area contributed by atoms with Crippen molar-refractivity contribution in [3.05, 3.63) is 29.3 Å². The fraction of sp³-hybridized carbons (Fsp3) is 0.500. The summed E-state index contributed by atoms with van der Waals surface area (Å²) in [7, 11) is 3.50. The third-order valence-electron chi connectivity index (χ3n) is 3.23. The third-order valence-corrected chi connectivity index (χ3v) is 4.17. The topological polar surface area (TPSA) is 41.6 Å². The van der Waals surface area contributed by atoms with Gasteiger partial charge in [-0.15, -0.1) is 11.8 Å². The van der Waals surface area contributed by atoms with Crippen LogP contribution in [0.2, 0.25) is 0 Å². The minimum atomic E-state index is -0.0502. The molecule has 1 heterocycles. The Labute approximate surface area is 118 Å². The predicted octanol–water partition coefficient (Wildman–Crippen LogP) is 1.62. The molecule has 4 nitrogen and oxygen atoms in total. The molecule has 0 spiro atoms. The minimum Gasteiger partial charge on any atom is -0.496 e. The molecule has 0 aromatic heterocycles. The summed E-state index contributed by atoms with van der Waals surface area (Å²) in [6.07, 6.45) is 0. The number of hydrogen-bond donors (Lipinski definition) is 1. The Bertz CT molecular complexity index is 459. The minimum absolute atomic E-state index is 0.0502. The van der Waals surface area contributed by atoms with E-state index in [2.05, 4.69) is 11.4 Å². The first-order valence-corrected chi connectivity index (χ1v) is 7.47. The number of benzene rings is 1. The average molecular weight is 280 g/mol. The van der Waals surface area contributed by atoms with Crippen molar-refractivity contribution in [2.45, 2.75) is 19.5 Å². The van der Waals surface area contributed by atoms with Gasteiger partial charge in [-0.25, -0.2) is 0 Å². The summed E-state index contributed by atoms with van der Waals surface area (Å²) < 4.78 is 5.35. The van der Waals surface area contributed by atoms with Crippen LogP contribution in [-0.2, 0) is 11.3 Å². The van der Waals surface area contributed by atoms with E-state index in [1.165, 1.54) is 5.56 Å². The standard InChI is InChI=1S/C14H20N2O2S/c1-10-4-5-13(18-3)11(6-10)7-16(2)14(17)12-8-19-9-15-12/h4-6,12,15H,7-9H2,1-3H3. The molecule has 1 aromatic rings. The third kappa shape index (κ3) is 3.42. The van der Waals surface area contributed by atoms with Gasteiger partial charge in [-0.1, -0.05) is 17.7 Å². The Morgan fingerprint density at radius 3 is 3.00 bits per heavy atom. The van der Waals surface area contributed by atoms with E-state index in [9.17, 15) is 4.79 Å². The van der Waals surface area contributed by atoms with Gasteiger partial charge >= 0.3 is 0 Å². The van der Waals surface area contributed by atoms with Gasteiger partial charge in [0.15, 0.2) is 0 Å². The van der Waals surface area contributed by atoms with Gasteiger partial charge in [-0.05, 0) is 13.0 Å². The molecule has 0 bridgehead atoms. The van der Waals surface area contributed by atoms with Crippen LogP contribution < -0.4 is 10.1 Å². The number of hydrogen-bond acceptors (Lipinski definition) is 4. The summed E-state index contributed by atoms with van der Waals surface area (Å²) >= 11 is 1.76. The van der Waals surface area contributed by atoms with Gasteiger partial charge in [0.25, 0.3) is 0 Å². The second kappa shape index (κ2) is 6.30. The second-order valence-electron chi connectivity index (χ2n) is 4.78. The molecule has 0 radical (unpaired) electrons. The molecule has 5 heteroatoms. The molecular formula is C14H20N2O2S. The van der Waals surface area contributed by atoms with E-state index in [1.807, 2.05) is 26.1 Å². The van der Waals surface area contributed by atoms with Crippen LogP contribution in [0.4, 0.5) is 0 Å². The number of carbonyl (C=O) groups excluding carboxylic acids is 1. The van der Waals surface area contributed by atoms with E-state index in [0.29, 0.717) is 6.54 Å². The zero-order chi connectivity index (χ0) is 13.8.